The standard InChI is InChI=1S/C12H18N2O/c1-5-10(15)8-9-6-7-13-11(14-9)12(2,3)4/h6-7H,5,8H2,1-4H3. The Balaban J connectivity index is 2.88. The van der Waals surface area contributed by atoms with Crippen molar-refractivity contribution in [2.45, 2.75) is 46.0 Å². The summed E-state index contributed by atoms with van der Waals surface area (Å²) in [5.74, 6) is 1.01. The van der Waals surface area contributed by atoms with Gasteiger partial charge in [-0.2, -0.15) is 0 Å². The van der Waals surface area contributed by atoms with E-state index in [-0.39, 0.29) is 11.2 Å². The first-order valence-corrected chi connectivity index (χ1v) is 5.27. The first-order chi connectivity index (χ1) is 6.93. The Hall–Kier alpha value is -1.25. The third-order valence-electron chi connectivity index (χ3n) is 2.16. The van der Waals surface area contributed by atoms with Crippen molar-refractivity contribution in [3.8, 4) is 0 Å². The van der Waals surface area contributed by atoms with Gasteiger partial charge in [0.05, 0.1) is 5.69 Å². The van der Waals surface area contributed by atoms with Crippen LogP contribution in [0.1, 0.15) is 45.6 Å². The largest absolute Gasteiger partial charge is 0.299 e. The average Bonchev–Trinajstić information content (AvgIpc) is 2.17. The van der Waals surface area contributed by atoms with Gasteiger partial charge in [0.25, 0.3) is 0 Å². The maximum Gasteiger partial charge on any atom is 0.138 e. The van der Waals surface area contributed by atoms with E-state index in [1.165, 1.54) is 0 Å². The van der Waals surface area contributed by atoms with Crippen LogP contribution in [0.2, 0.25) is 0 Å². The Kier molecular flexibility index (Phi) is 3.56. The predicted octanol–water partition coefficient (Wildman–Crippen LogP) is 2.30. The fourth-order valence-corrected chi connectivity index (χ4v) is 1.18. The molecule has 0 spiro atoms. The van der Waals surface area contributed by atoms with Crippen LogP contribution in [0.4, 0.5) is 0 Å². The van der Waals surface area contributed by atoms with Crippen molar-refractivity contribution < 1.29 is 4.79 Å². The monoisotopic (exact) mass is 206 g/mol. The molecule has 0 aliphatic carbocycles. The fourth-order valence-electron chi connectivity index (χ4n) is 1.18. The summed E-state index contributed by atoms with van der Waals surface area (Å²) in [5, 5.41) is 0. The summed E-state index contributed by atoms with van der Waals surface area (Å²) in [6.45, 7) is 8.06. The summed E-state index contributed by atoms with van der Waals surface area (Å²) in [4.78, 5) is 19.9. The van der Waals surface area contributed by atoms with Crippen molar-refractivity contribution >= 4 is 5.78 Å². The van der Waals surface area contributed by atoms with Gasteiger partial charge in [-0.05, 0) is 6.07 Å². The van der Waals surface area contributed by atoms with Crippen LogP contribution < -0.4 is 0 Å². The van der Waals surface area contributed by atoms with Gasteiger partial charge in [-0.3, -0.25) is 4.79 Å². The fraction of sp³-hybridized carbons (Fsp3) is 0.583. The number of aromatic nitrogens is 2. The lowest BCUT2D eigenvalue weighted by atomic mass is 9.95. The molecule has 0 saturated carbocycles. The second kappa shape index (κ2) is 4.51. The number of ketones is 1. The molecule has 1 rings (SSSR count). The van der Waals surface area contributed by atoms with Crippen LogP contribution >= 0.6 is 0 Å². The zero-order chi connectivity index (χ0) is 11.5. The van der Waals surface area contributed by atoms with E-state index in [0.717, 1.165) is 11.5 Å². The molecule has 3 heteroatoms. The van der Waals surface area contributed by atoms with Gasteiger partial charge in [0.1, 0.15) is 11.6 Å². The third kappa shape index (κ3) is 3.42. The molecule has 15 heavy (non-hydrogen) atoms. The molecule has 0 aliphatic rings. The van der Waals surface area contributed by atoms with E-state index < -0.39 is 0 Å². The van der Waals surface area contributed by atoms with Crippen molar-refractivity contribution in [1.82, 2.24) is 9.97 Å². The van der Waals surface area contributed by atoms with Crippen molar-refractivity contribution in [3.05, 3.63) is 23.8 Å². The highest BCUT2D eigenvalue weighted by molar-refractivity contribution is 5.80. The molecule has 0 saturated heterocycles. The molecule has 0 unspecified atom stereocenters. The van der Waals surface area contributed by atoms with E-state index in [2.05, 4.69) is 30.7 Å². The molecule has 1 heterocycles. The van der Waals surface area contributed by atoms with Crippen molar-refractivity contribution in [2.75, 3.05) is 0 Å². The normalized spacial score (nSPS) is 11.5. The Morgan fingerprint density at radius 2 is 2.07 bits per heavy atom. The number of hydrogen-bond acceptors (Lipinski definition) is 3. The number of hydrogen-bond donors (Lipinski definition) is 0. The minimum atomic E-state index is -0.0642. The van der Waals surface area contributed by atoms with Gasteiger partial charge in [0, 0.05) is 24.5 Å². The van der Waals surface area contributed by atoms with E-state index in [1.807, 2.05) is 13.0 Å². The summed E-state index contributed by atoms with van der Waals surface area (Å²) in [6.07, 6.45) is 2.71. The summed E-state index contributed by atoms with van der Waals surface area (Å²) in [6, 6.07) is 1.81. The number of nitrogens with zero attached hydrogens (tertiary/aromatic N) is 2. The Bertz CT molecular complexity index is 353. The molecule has 82 valence electrons. The maximum atomic E-state index is 11.3. The number of carbonyl (C=O) groups excluding carboxylic acids is 1. The zero-order valence-corrected chi connectivity index (χ0v) is 9.87. The van der Waals surface area contributed by atoms with Gasteiger partial charge < -0.3 is 0 Å². The molecular weight excluding hydrogens is 188 g/mol. The third-order valence-corrected chi connectivity index (χ3v) is 2.16. The van der Waals surface area contributed by atoms with E-state index >= 15 is 0 Å². The lowest BCUT2D eigenvalue weighted by Gasteiger charge is -2.16. The van der Waals surface area contributed by atoms with Gasteiger partial charge in [0.2, 0.25) is 0 Å². The summed E-state index contributed by atoms with van der Waals surface area (Å²) in [5.41, 5.74) is 0.757. The molecule has 1 aromatic rings. The average molecular weight is 206 g/mol. The highest BCUT2D eigenvalue weighted by atomic mass is 16.1. The van der Waals surface area contributed by atoms with Gasteiger partial charge in [-0.15, -0.1) is 0 Å². The highest BCUT2D eigenvalue weighted by Gasteiger charge is 2.17. The smallest absolute Gasteiger partial charge is 0.138 e. The number of carbonyl (C=O) groups is 1. The van der Waals surface area contributed by atoms with E-state index in [0.29, 0.717) is 12.8 Å². The maximum absolute atomic E-state index is 11.3. The lowest BCUT2D eigenvalue weighted by Crippen LogP contribution is -2.17. The second-order valence-electron chi connectivity index (χ2n) is 4.69. The number of Topliss-reactive ketones (excluding diaryl/α,β-unsaturated/α-hetero) is 1. The summed E-state index contributed by atoms with van der Waals surface area (Å²) < 4.78 is 0. The molecule has 0 aliphatic heterocycles. The molecule has 1 aromatic heterocycles. The number of rotatable bonds is 3. The van der Waals surface area contributed by atoms with E-state index in [4.69, 9.17) is 0 Å². The molecule has 0 bridgehead atoms. The SMILES string of the molecule is CCC(=O)Cc1ccnc(C(C)(C)C)n1. The first kappa shape index (κ1) is 11.8. The van der Waals surface area contributed by atoms with Gasteiger partial charge in [0.15, 0.2) is 0 Å². The van der Waals surface area contributed by atoms with Crippen molar-refractivity contribution in [1.29, 1.82) is 0 Å². The van der Waals surface area contributed by atoms with Crippen LogP contribution in [0.3, 0.4) is 0 Å². The predicted molar refractivity (Wildman–Crippen MR) is 59.7 cm³/mol. The molecule has 0 fully saturated rings. The van der Waals surface area contributed by atoms with Crippen molar-refractivity contribution in [2.24, 2.45) is 0 Å². The Morgan fingerprint density at radius 1 is 1.40 bits per heavy atom. The lowest BCUT2D eigenvalue weighted by molar-refractivity contribution is -0.118. The molecule has 0 N–H and O–H groups in total. The summed E-state index contributed by atoms with van der Waals surface area (Å²) in [7, 11) is 0. The second-order valence-corrected chi connectivity index (χ2v) is 4.69. The Labute approximate surface area is 91.0 Å². The van der Waals surface area contributed by atoms with Crippen LogP contribution in [-0.4, -0.2) is 15.8 Å². The quantitative estimate of drug-likeness (QED) is 0.762. The first-order valence-electron chi connectivity index (χ1n) is 5.27. The molecule has 0 radical (unpaired) electrons. The molecule has 0 amide bonds. The topological polar surface area (TPSA) is 42.9 Å². The van der Waals surface area contributed by atoms with E-state index in [9.17, 15) is 4.79 Å². The van der Waals surface area contributed by atoms with Gasteiger partial charge in [-0.1, -0.05) is 27.7 Å². The van der Waals surface area contributed by atoms with E-state index in [1.54, 1.807) is 6.20 Å². The summed E-state index contributed by atoms with van der Waals surface area (Å²) >= 11 is 0. The van der Waals surface area contributed by atoms with Gasteiger partial charge in [-0.25, -0.2) is 9.97 Å². The van der Waals surface area contributed by atoms with Crippen LogP contribution in [0.25, 0.3) is 0 Å². The Morgan fingerprint density at radius 3 is 2.60 bits per heavy atom. The highest BCUT2D eigenvalue weighted by Crippen LogP contribution is 2.17. The molecular formula is C12H18N2O. The molecule has 0 aromatic carbocycles. The van der Waals surface area contributed by atoms with Crippen molar-refractivity contribution in [3.63, 3.8) is 0 Å². The minimum absolute atomic E-state index is 0.0642. The van der Waals surface area contributed by atoms with Crippen LogP contribution in [0.15, 0.2) is 12.3 Å². The van der Waals surface area contributed by atoms with Crippen LogP contribution in [0, 0.1) is 0 Å². The van der Waals surface area contributed by atoms with Gasteiger partial charge >= 0.3 is 0 Å². The molecule has 0 atom stereocenters. The zero-order valence-electron chi connectivity index (χ0n) is 9.87. The van der Waals surface area contributed by atoms with Crippen LogP contribution in [0.5, 0.6) is 0 Å². The van der Waals surface area contributed by atoms with Crippen LogP contribution in [-0.2, 0) is 16.6 Å². The minimum Gasteiger partial charge on any atom is -0.299 e. The molecule has 3 nitrogen and oxygen atoms in total.